The fraction of sp³-hybridized carbons (Fsp3) is 0.0769. The molecule has 2 aromatic carbocycles. The zero-order chi connectivity index (χ0) is 13.8. The minimum absolute atomic E-state index is 0.0766. The van der Waals surface area contributed by atoms with Gasteiger partial charge in [0.2, 0.25) is 5.75 Å². The minimum Gasteiger partial charge on any atom is -0.447 e. The third kappa shape index (κ3) is 2.86. The Morgan fingerprint density at radius 1 is 1.21 bits per heavy atom. The molecule has 0 fully saturated rings. The summed E-state index contributed by atoms with van der Waals surface area (Å²) in [6, 6.07) is 9.62. The summed E-state index contributed by atoms with van der Waals surface area (Å²) < 4.78 is 18.6. The molecular formula is C13H10FNO4. The minimum atomic E-state index is -0.644. The van der Waals surface area contributed by atoms with Crippen LogP contribution in [0.1, 0.15) is 5.56 Å². The van der Waals surface area contributed by atoms with Gasteiger partial charge in [0.1, 0.15) is 0 Å². The van der Waals surface area contributed by atoms with Gasteiger partial charge in [0, 0.05) is 6.07 Å². The molecule has 0 saturated carbocycles. The number of rotatable bonds is 4. The number of para-hydroxylation sites is 1. The molecule has 0 aromatic heterocycles. The molecule has 1 N–H and O–H groups in total. The van der Waals surface area contributed by atoms with E-state index in [9.17, 15) is 14.5 Å². The van der Waals surface area contributed by atoms with E-state index in [0.29, 0.717) is 5.56 Å². The lowest BCUT2D eigenvalue weighted by Crippen LogP contribution is -1.96. The van der Waals surface area contributed by atoms with Crippen LogP contribution in [0.25, 0.3) is 0 Å². The van der Waals surface area contributed by atoms with Crippen LogP contribution >= 0.6 is 0 Å². The molecule has 19 heavy (non-hydrogen) atoms. The molecular weight excluding hydrogens is 253 g/mol. The predicted molar refractivity (Wildman–Crippen MR) is 65.5 cm³/mol. The first-order valence-corrected chi connectivity index (χ1v) is 5.42. The lowest BCUT2D eigenvalue weighted by atomic mass is 10.2. The highest BCUT2D eigenvalue weighted by Gasteiger charge is 2.17. The predicted octanol–water partition coefficient (Wildman–Crippen LogP) is 3.02. The van der Waals surface area contributed by atoms with Crippen LogP contribution in [-0.4, -0.2) is 10.0 Å². The second-order valence-electron chi connectivity index (χ2n) is 3.75. The van der Waals surface area contributed by atoms with E-state index in [0.717, 1.165) is 0 Å². The number of aliphatic hydroxyl groups is 1. The van der Waals surface area contributed by atoms with Crippen LogP contribution in [-0.2, 0) is 6.61 Å². The van der Waals surface area contributed by atoms with Gasteiger partial charge in [-0.3, -0.25) is 10.1 Å². The molecule has 0 aliphatic rings. The van der Waals surface area contributed by atoms with Crippen molar-refractivity contribution >= 4 is 5.69 Å². The summed E-state index contributed by atoms with van der Waals surface area (Å²) in [5.41, 5.74) is 0.0578. The van der Waals surface area contributed by atoms with Crippen molar-refractivity contribution in [2.45, 2.75) is 6.61 Å². The van der Waals surface area contributed by atoms with Crippen molar-refractivity contribution in [3.05, 3.63) is 64.0 Å². The molecule has 0 radical (unpaired) electrons. The topological polar surface area (TPSA) is 72.6 Å². The van der Waals surface area contributed by atoms with E-state index in [-0.39, 0.29) is 23.8 Å². The Morgan fingerprint density at radius 2 is 1.95 bits per heavy atom. The smallest absolute Gasteiger partial charge is 0.311 e. The summed E-state index contributed by atoms with van der Waals surface area (Å²) in [7, 11) is 0. The number of ether oxygens (including phenoxy) is 1. The first-order valence-electron chi connectivity index (χ1n) is 5.42. The first-order chi connectivity index (χ1) is 9.11. The van der Waals surface area contributed by atoms with Crippen molar-refractivity contribution in [2.75, 3.05) is 0 Å². The van der Waals surface area contributed by atoms with Gasteiger partial charge in [-0.1, -0.05) is 18.2 Å². The number of halogens is 1. The normalized spacial score (nSPS) is 10.2. The van der Waals surface area contributed by atoms with Gasteiger partial charge < -0.3 is 9.84 Å². The van der Waals surface area contributed by atoms with Gasteiger partial charge in [-0.05, 0) is 23.8 Å². The number of nitro groups is 1. The number of aliphatic hydroxyl groups excluding tert-OH is 1. The zero-order valence-electron chi connectivity index (χ0n) is 9.75. The van der Waals surface area contributed by atoms with E-state index < -0.39 is 10.7 Å². The Kier molecular flexibility index (Phi) is 3.72. The molecule has 0 aliphatic heterocycles. The van der Waals surface area contributed by atoms with Gasteiger partial charge in [0.15, 0.2) is 11.6 Å². The highest BCUT2D eigenvalue weighted by molar-refractivity contribution is 5.50. The molecule has 0 atom stereocenters. The van der Waals surface area contributed by atoms with Crippen molar-refractivity contribution in [1.82, 2.24) is 0 Å². The second-order valence-corrected chi connectivity index (χ2v) is 3.75. The van der Waals surface area contributed by atoms with Gasteiger partial charge in [-0.25, -0.2) is 4.39 Å². The summed E-state index contributed by atoms with van der Waals surface area (Å²) in [5.74, 6) is -0.780. The van der Waals surface area contributed by atoms with Crippen LogP contribution in [0.5, 0.6) is 11.5 Å². The fourth-order valence-electron chi connectivity index (χ4n) is 1.54. The van der Waals surface area contributed by atoms with Gasteiger partial charge in [-0.15, -0.1) is 0 Å². The third-order valence-corrected chi connectivity index (χ3v) is 2.46. The Labute approximate surface area is 108 Å². The maximum Gasteiger partial charge on any atom is 0.311 e. The maximum absolute atomic E-state index is 13.4. The highest BCUT2D eigenvalue weighted by Crippen LogP contribution is 2.33. The quantitative estimate of drug-likeness (QED) is 0.679. The van der Waals surface area contributed by atoms with Crippen LogP contribution < -0.4 is 4.74 Å². The van der Waals surface area contributed by atoms with Crippen molar-refractivity contribution in [3.8, 4) is 11.5 Å². The fourth-order valence-corrected chi connectivity index (χ4v) is 1.54. The standard InChI is InChI=1S/C13H10FNO4/c14-10-3-1-2-4-12(10)19-13-6-5-9(8-16)7-11(13)15(17)18/h1-7,16H,8H2. The SMILES string of the molecule is O=[N+]([O-])c1cc(CO)ccc1Oc1ccccc1F. The Bertz CT molecular complexity index is 615. The molecule has 0 amide bonds. The molecule has 6 heteroatoms. The third-order valence-electron chi connectivity index (χ3n) is 2.46. The van der Waals surface area contributed by atoms with Gasteiger partial charge in [-0.2, -0.15) is 0 Å². The number of benzene rings is 2. The number of hydrogen-bond acceptors (Lipinski definition) is 4. The average molecular weight is 263 g/mol. The van der Waals surface area contributed by atoms with Gasteiger partial charge in [0.25, 0.3) is 0 Å². The average Bonchev–Trinajstić information content (AvgIpc) is 2.41. The van der Waals surface area contributed by atoms with Crippen LogP contribution in [0.2, 0.25) is 0 Å². The highest BCUT2D eigenvalue weighted by atomic mass is 19.1. The molecule has 2 aromatic rings. The zero-order valence-corrected chi connectivity index (χ0v) is 9.75. The molecule has 0 aliphatic carbocycles. The van der Waals surface area contributed by atoms with Crippen molar-refractivity contribution < 1.29 is 19.2 Å². The molecule has 98 valence electrons. The van der Waals surface area contributed by atoms with E-state index in [1.807, 2.05) is 0 Å². The van der Waals surface area contributed by atoms with E-state index in [4.69, 9.17) is 9.84 Å². The summed E-state index contributed by atoms with van der Waals surface area (Å²) in [4.78, 5) is 10.3. The number of nitrogens with zero attached hydrogens (tertiary/aromatic N) is 1. The van der Waals surface area contributed by atoms with Crippen LogP contribution in [0.4, 0.5) is 10.1 Å². The lowest BCUT2D eigenvalue weighted by molar-refractivity contribution is -0.385. The lowest BCUT2D eigenvalue weighted by Gasteiger charge is -2.07. The first kappa shape index (κ1) is 13.0. The van der Waals surface area contributed by atoms with Crippen molar-refractivity contribution in [3.63, 3.8) is 0 Å². The van der Waals surface area contributed by atoms with E-state index in [1.54, 1.807) is 6.07 Å². The Balaban J connectivity index is 2.40. The van der Waals surface area contributed by atoms with E-state index in [1.165, 1.54) is 36.4 Å². The Morgan fingerprint density at radius 3 is 2.58 bits per heavy atom. The van der Waals surface area contributed by atoms with E-state index in [2.05, 4.69) is 0 Å². The number of nitro benzene ring substituents is 1. The van der Waals surface area contributed by atoms with E-state index >= 15 is 0 Å². The Hall–Kier alpha value is -2.47. The second kappa shape index (κ2) is 5.45. The van der Waals surface area contributed by atoms with Crippen molar-refractivity contribution in [2.24, 2.45) is 0 Å². The molecule has 5 nitrogen and oxygen atoms in total. The van der Waals surface area contributed by atoms with Crippen LogP contribution in [0, 0.1) is 15.9 Å². The van der Waals surface area contributed by atoms with Gasteiger partial charge in [0.05, 0.1) is 11.5 Å². The largest absolute Gasteiger partial charge is 0.447 e. The summed E-state index contributed by atoms with van der Waals surface area (Å²) in [6.07, 6.45) is 0. The van der Waals surface area contributed by atoms with Crippen molar-refractivity contribution in [1.29, 1.82) is 0 Å². The molecule has 0 heterocycles. The summed E-state index contributed by atoms with van der Waals surface area (Å²) in [6.45, 7) is -0.319. The summed E-state index contributed by atoms with van der Waals surface area (Å²) >= 11 is 0. The van der Waals surface area contributed by atoms with Crippen LogP contribution in [0.15, 0.2) is 42.5 Å². The van der Waals surface area contributed by atoms with Gasteiger partial charge >= 0.3 is 5.69 Å². The molecule has 0 saturated heterocycles. The number of hydrogen-bond donors (Lipinski definition) is 1. The van der Waals surface area contributed by atoms with Crippen LogP contribution in [0.3, 0.4) is 0 Å². The molecule has 0 unspecified atom stereocenters. The molecule has 2 rings (SSSR count). The maximum atomic E-state index is 13.4. The monoisotopic (exact) mass is 263 g/mol. The molecule has 0 spiro atoms. The molecule has 0 bridgehead atoms. The summed E-state index contributed by atoms with van der Waals surface area (Å²) in [5, 5.41) is 19.9.